The van der Waals surface area contributed by atoms with Crippen molar-refractivity contribution in [2.75, 3.05) is 6.54 Å². The van der Waals surface area contributed by atoms with Gasteiger partial charge in [-0.1, -0.05) is 24.3 Å². The van der Waals surface area contributed by atoms with E-state index in [0.717, 1.165) is 11.2 Å². The van der Waals surface area contributed by atoms with Crippen LogP contribution in [0, 0.1) is 0 Å². The molecule has 3 aromatic rings. The highest BCUT2D eigenvalue weighted by atomic mass is 16.2. The first-order valence-corrected chi connectivity index (χ1v) is 7.62. The number of hydrogen-bond acceptors (Lipinski definition) is 4. The molecule has 6 heteroatoms. The number of aromatic nitrogens is 3. The third kappa shape index (κ3) is 2.28. The van der Waals surface area contributed by atoms with Crippen molar-refractivity contribution in [1.29, 1.82) is 0 Å². The van der Waals surface area contributed by atoms with Crippen LogP contribution in [-0.2, 0) is 6.54 Å². The van der Waals surface area contributed by atoms with Gasteiger partial charge in [0.15, 0.2) is 5.65 Å². The second kappa shape index (κ2) is 5.73. The predicted octanol–water partition coefficient (Wildman–Crippen LogP) is 2.28. The highest BCUT2D eigenvalue weighted by Gasteiger charge is 2.33. The van der Waals surface area contributed by atoms with E-state index in [1.807, 2.05) is 28.9 Å². The Morgan fingerprint density at radius 1 is 0.875 bits per heavy atom. The summed E-state index contributed by atoms with van der Waals surface area (Å²) in [6.07, 6.45) is 7.17. The van der Waals surface area contributed by atoms with Gasteiger partial charge in [0.1, 0.15) is 5.52 Å². The van der Waals surface area contributed by atoms with Crippen LogP contribution in [0.1, 0.15) is 20.7 Å². The maximum atomic E-state index is 12.3. The molecule has 118 valence electrons. The Morgan fingerprint density at radius 3 is 2.33 bits per heavy atom. The van der Waals surface area contributed by atoms with Crippen LogP contribution in [0.5, 0.6) is 0 Å². The van der Waals surface area contributed by atoms with Gasteiger partial charge in [-0.3, -0.25) is 14.5 Å². The molecule has 1 aromatic carbocycles. The fourth-order valence-electron chi connectivity index (χ4n) is 2.80. The van der Waals surface area contributed by atoms with Crippen molar-refractivity contribution in [1.82, 2.24) is 19.4 Å². The fraction of sp³-hybridized carbons (Fsp3) is 0.111. The Balaban J connectivity index is 1.45. The zero-order valence-corrected chi connectivity index (χ0v) is 12.8. The molecule has 0 saturated carbocycles. The lowest BCUT2D eigenvalue weighted by Crippen LogP contribution is -2.29. The van der Waals surface area contributed by atoms with Gasteiger partial charge in [0.25, 0.3) is 11.8 Å². The van der Waals surface area contributed by atoms with Gasteiger partial charge < -0.3 is 4.57 Å². The third-order valence-electron chi connectivity index (χ3n) is 4.01. The fourth-order valence-corrected chi connectivity index (χ4v) is 2.80. The molecule has 24 heavy (non-hydrogen) atoms. The van der Waals surface area contributed by atoms with Gasteiger partial charge in [0.2, 0.25) is 0 Å². The Labute approximate surface area is 138 Å². The van der Waals surface area contributed by atoms with Gasteiger partial charge in [0.05, 0.1) is 17.5 Å². The van der Waals surface area contributed by atoms with Crippen molar-refractivity contribution in [2.45, 2.75) is 6.54 Å². The maximum absolute atomic E-state index is 12.3. The van der Waals surface area contributed by atoms with Crippen LogP contribution in [0.15, 0.2) is 61.1 Å². The first-order chi connectivity index (χ1) is 11.8. The Morgan fingerprint density at radius 2 is 1.58 bits per heavy atom. The van der Waals surface area contributed by atoms with E-state index in [1.165, 1.54) is 4.90 Å². The molecule has 0 unspecified atom stereocenters. The molecule has 0 saturated heterocycles. The van der Waals surface area contributed by atoms with E-state index < -0.39 is 0 Å². The lowest BCUT2D eigenvalue weighted by molar-refractivity contribution is 0.0672. The maximum Gasteiger partial charge on any atom is 0.261 e. The molecule has 0 atom stereocenters. The largest absolute Gasteiger partial charge is 0.311 e. The molecule has 3 heterocycles. The number of rotatable bonds is 4. The summed E-state index contributed by atoms with van der Waals surface area (Å²) in [5.41, 5.74) is 2.59. The van der Waals surface area contributed by atoms with E-state index in [1.54, 1.807) is 36.8 Å². The van der Waals surface area contributed by atoms with E-state index in [0.29, 0.717) is 17.7 Å². The van der Waals surface area contributed by atoms with E-state index >= 15 is 0 Å². The van der Waals surface area contributed by atoms with Gasteiger partial charge in [-0.2, -0.15) is 0 Å². The Bertz CT molecular complexity index is 939. The van der Waals surface area contributed by atoms with Crippen LogP contribution in [0.4, 0.5) is 0 Å². The molecule has 2 amide bonds. The molecule has 6 nitrogen and oxygen atoms in total. The second-order valence-electron chi connectivity index (χ2n) is 5.48. The van der Waals surface area contributed by atoms with E-state index in [-0.39, 0.29) is 18.4 Å². The smallest absolute Gasteiger partial charge is 0.261 e. The average molecular weight is 318 g/mol. The number of hydrogen-bond donors (Lipinski definition) is 0. The minimum absolute atomic E-state index is 0.241. The van der Waals surface area contributed by atoms with Crippen molar-refractivity contribution < 1.29 is 9.59 Å². The number of allylic oxidation sites excluding steroid dienone is 1. The highest BCUT2D eigenvalue weighted by molar-refractivity contribution is 6.21. The second-order valence-corrected chi connectivity index (χ2v) is 5.48. The number of benzene rings is 1. The standard InChI is InChI=1S/C18H14N4O2/c23-17-13-6-1-2-7-14(13)18(24)22(17)11-4-3-10-21-12-20-15-8-5-9-19-16(15)21/h1-9,12H,10-11H2/b4-3+. The zero-order valence-electron chi connectivity index (χ0n) is 12.8. The molecule has 4 rings (SSSR count). The van der Waals surface area contributed by atoms with Crippen LogP contribution in [0.2, 0.25) is 0 Å². The first kappa shape index (κ1) is 14.3. The van der Waals surface area contributed by atoms with Crippen molar-refractivity contribution in [3.05, 3.63) is 72.2 Å². The topological polar surface area (TPSA) is 68.1 Å². The first-order valence-electron chi connectivity index (χ1n) is 7.62. The minimum atomic E-state index is -0.241. The van der Waals surface area contributed by atoms with Crippen molar-refractivity contribution in [3.63, 3.8) is 0 Å². The lowest BCUT2D eigenvalue weighted by atomic mass is 10.1. The van der Waals surface area contributed by atoms with Crippen LogP contribution < -0.4 is 0 Å². The van der Waals surface area contributed by atoms with Gasteiger partial charge in [0, 0.05) is 19.3 Å². The lowest BCUT2D eigenvalue weighted by Gasteiger charge is -2.10. The number of amides is 2. The van der Waals surface area contributed by atoms with Gasteiger partial charge in [-0.25, -0.2) is 9.97 Å². The van der Waals surface area contributed by atoms with Crippen LogP contribution in [0.25, 0.3) is 11.2 Å². The molecule has 1 aliphatic rings. The number of imide groups is 1. The average Bonchev–Trinajstić information content (AvgIpc) is 3.13. The summed E-state index contributed by atoms with van der Waals surface area (Å²) in [5.74, 6) is -0.481. The van der Waals surface area contributed by atoms with Crippen LogP contribution >= 0.6 is 0 Å². The molecule has 2 aromatic heterocycles. The van der Waals surface area contributed by atoms with E-state index in [4.69, 9.17) is 0 Å². The van der Waals surface area contributed by atoms with Crippen LogP contribution in [-0.4, -0.2) is 37.8 Å². The number of pyridine rings is 1. The normalized spacial score (nSPS) is 14.1. The molecule has 0 fully saturated rings. The predicted molar refractivity (Wildman–Crippen MR) is 88.5 cm³/mol. The van der Waals surface area contributed by atoms with Gasteiger partial charge in [-0.05, 0) is 24.3 Å². The van der Waals surface area contributed by atoms with Gasteiger partial charge in [-0.15, -0.1) is 0 Å². The number of imidazole rings is 1. The van der Waals surface area contributed by atoms with Gasteiger partial charge >= 0.3 is 0 Å². The number of carbonyl (C=O) groups is 2. The molecule has 0 N–H and O–H groups in total. The molecule has 0 spiro atoms. The summed E-state index contributed by atoms with van der Waals surface area (Å²) >= 11 is 0. The zero-order chi connectivity index (χ0) is 16.5. The SMILES string of the molecule is O=C1c2ccccc2C(=O)N1C/C=C/Cn1cnc2cccnc21. The number of fused-ring (bicyclic) bond motifs is 2. The Kier molecular flexibility index (Phi) is 3.42. The highest BCUT2D eigenvalue weighted by Crippen LogP contribution is 2.22. The van der Waals surface area contributed by atoms with Crippen molar-refractivity contribution in [3.8, 4) is 0 Å². The summed E-state index contributed by atoms with van der Waals surface area (Å²) in [7, 11) is 0. The molecular formula is C18H14N4O2. The monoisotopic (exact) mass is 318 g/mol. The summed E-state index contributed by atoms with van der Waals surface area (Å²) in [6.45, 7) is 0.836. The molecule has 1 aliphatic heterocycles. The molecular weight excluding hydrogens is 304 g/mol. The minimum Gasteiger partial charge on any atom is -0.311 e. The summed E-state index contributed by atoms with van der Waals surface area (Å²) < 4.78 is 1.91. The number of carbonyl (C=O) groups excluding carboxylic acids is 2. The summed E-state index contributed by atoms with van der Waals surface area (Å²) in [5, 5.41) is 0. The number of nitrogens with zero attached hydrogens (tertiary/aromatic N) is 4. The summed E-state index contributed by atoms with van der Waals surface area (Å²) in [4.78, 5) is 34.3. The Hall–Kier alpha value is -3.28. The van der Waals surface area contributed by atoms with Crippen molar-refractivity contribution in [2.24, 2.45) is 0 Å². The molecule has 0 bridgehead atoms. The quantitative estimate of drug-likeness (QED) is 0.547. The van der Waals surface area contributed by atoms with Crippen molar-refractivity contribution >= 4 is 23.0 Å². The third-order valence-corrected chi connectivity index (χ3v) is 4.01. The van der Waals surface area contributed by atoms with Crippen LogP contribution in [0.3, 0.4) is 0 Å². The van der Waals surface area contributed by atoms with E-state index in [9.17, 15) is 9.59 Å². The summed E-state index contributed by atoms with van der Waals surface area (Å²) in [6, 6.07) is 10.6. The molecule has 0 radical (unpaired) electrons. The van der Waals surface area contributed by atoms with E-state index in [2.05, 4.69) is 9.97 Å². The molecule has 0 aliphatic carbocycles.